The first-order valence-electron chi connectivity index (χ1n) is 9.51. The fourth-order valence-corrected chi connectivity index (χ4v) is 3.03. The summed E-state index contributed by atoms with van der Waals surface area (Å²) in [5.74, 6) is 1.35. The van der Waals surface area contributed by atoms with E-state index >= 15 is 0 Å². The van der Waals surface area contributed by atoms with Gasteiger partial charge in [-0.1, -0.05) is 11.2 Å². The Labute approximate surface area is 174 Å². The second kappa shape index (κ2) is 9.25. The van der Waals surface area contributed by atoms with Crippen molar-refractivity contribution in [1.29, 1.82) is 0 Å². The number of rotatable bonds is 8. The first-order chi connectivity index (χ1) is 14.5. The van der Waals surface area contributed by atoms with E-state index in [-0.39, 0.29) is 12.3 Å². The van der Waals surface area contributed by atoms with E-state index in [4.69, 9.17) is 14.3 Å². The Balaban J connectivity index is 1.94. The predicted molar refractivity (Wildman–Crippen MR) is 113 cm³/mol. The number of aryl methyl sites for hydroxylation is 2. The van der Waals surface area contributed by atoms with E-state index < -0.39 is 0 Å². The van der Waals surface area contributed by atoms with Crippen LogP contribution in [0.5, 0.6) is 11.5 Å². The van der Waals surface area contributed by atoms with E-state index in [1.807, 2.05) is 51.1 Å². The highest BCUT2D eigenvalue weighted by Gasteiger charge is 2.16. The summed E-state index contributed by atoms with van der Waals surface area (Å²) in [6.45, 7) is 6.42. The minimum absolute atomic E-state index is 0.194. The molecule has 0 saturated heterocycles. The van der Waals surface area contributed by atoms with E-state index in [1.54, 1.807) is 13.1 Å². The van der Waals surface area contributed by atoms with Gasteiger partial charge in [-0.15, -0.1) is 0 Å². The molecule has 3 aromatic rings. The van der Waals surface area contributed by atoms with Gasteiger partial charge in [-0.2, -0.15) is 9.36 Å². The number of hydrogen-bond acceptors (Lipinski definition) is 7. The maximum atomic E-state index is 12.4. The lowest BCUT2D eigenvalue weighted by atomic mass is 10.1. The van der Waals surface area contributed by atoms with E-state index in [0.29, 0.717) is 29.4 Å². The van der Waals surface area contributed by atoms with E-state index in [2.05, 4.69) is 15.6 Å². The maximum Gasteiger partial charge on any atom is 0.368 e. The molecule has 0 aliphatic carbocycles. The zero-order valence-corrected chi connectivity index (χ0v) is 17.7. The molecule has 0 fully saturated rings. The third-order valence-corrected chi connectivity index (χ3v) is 4.55. The molecule has 158 valence electrons. The summed E-state index contributed by atoms with van der Waals surface area (Å²) < 4.78 is 14.3. The molecule has 0 spiro atoms. The van der Waals surface area contributed by atoms with E-state index in [0.717, 1.165) is 16.8 Å². The molecule has 9 nitrogen and oxygen atoms in total. The molecule has 0 atom stereocenters. The molecule has 0 unspecified atom stereocenters. The lowest BCUT2D eigenvalue weighted by molar-refractivity contribution is 0.213. The Bertz CT molecular complexity index is 1120. The molecule has 0 bridgehead atoms. The molecule has 3 rings (SSSR count). The monoisotopic (exact) mass is 411 g/mol. The van der Waals surface area contributed by atoms with Crippen LogP contribution in [-0.2, 0) is 18.5 Å². The third kappa shape index (κ3) is 4.35. The van der Waals surface area contributed by atoms with Crippen LogP contribution in [-0.4, -0.2) is 39.2 Å². The van der Waals surface area contributed by atoms with Crippen LogP contribution in [0.15, 0.2) is 46.3 Å². The molecule has 1 aromatic heterocycles. The lowest BCUT2D eigenvalue weighted by Gasteiger charge is -2.16. The number of aromatic nitrogens is 4. The number of tetrazole rings is 1. The van der Waals surface area contributed by atoms with Crippen LogP contribution in [0, 0.1) is 6.92 Å². The van der Waals surface area contributed by atoms with Crippen molar-refractivity contribution in [3.63, 3.8) is 0 Å². The smallest absolute Gasteiger partial charge is 0.368 e. The number of hydrogen-bond donors (Lipinski definition) is 0. The Morgan fingerprint density at radius 2 is 1.93 bits per heavy atom. The van der Waals surface area contributed by atoms with Crippen LogP contribution in [0.2, 0.25) is 0 Å². The Morgan fingerprint density at radius 1 is 1.13 bits per heavy atom. The normalized spacial score (nSPS) is 11.4. The summed E-state index contributed by atoms with van der Waals surface area (Å²) in [6, 6.07) is 11.2. The van der Waals surface area contributed by atoms with Gasteiger partial charge in [0.2, 0.25) is 0 Å². The van der Waals surface area contributed by atoms with Gasteiger partial charge < -0.3 is 14.3 Å². The highest BCUT2D eigenvalue weighted by atomic mass is 16.6. The van der Waals surface area contributed by atoms with Gasteiger partial charge in [0.15, 0.2) is 0 Å². The molecule has 0 N–H and O–H groups in total. The first kappa shape index (κ1) is 21.1. The van der Waals surface area contributed by atoms with Gasteiger partial charge in [0, 0.05) is 7.05 Å². The number of oxime groups is 1. The highest BCUT2D eigenvalue weighted by Crippen LogP contribution is 2.28. The second-order valence-corrected chi connectivity index (χ2v) is 6.61. The van der Waals surface area contributed by atoms with Gasteiger partial charge in [0.1, 0.15) is 25.2 Å². The van der Waals surface area contributed by atoms with Crippen LogP contribution >= 0.6 is 0 Å². The summed E-state index contributed by atoms with van der Waals surface area (Å²) >= 11 is 0. The topological polar surface area (TPSA) is 92.8 Å². The average Bonchev–Trinajstić information content (AvgIpc) is 3.06. The van der Waals surface area contributed by atoms with Gasteiger partial charge in [0.05, 0.1) is 23.6 Å². The molecule has 0 radical (unpaired) electrons. The molecule has 30 heavy (non-hydrogen) atoms. The van der Waals surface area contributed by atoms with Crippen LogP contribution < -0.4 is 15.2 Å². The number of benzene rings is 2. The predicted octanol–water partition coefficient (Wildman–Crippen LogP) is 2.62. The fourth-order valence-electron chi connectivity index (χ4n) is 3.03. The zero-order chi connectivity index (χ0) is 21.7. The van der Waals surface area contributed by atoms with Crippen molar-refractivity contribution in [3.05, 3.63) is 63.6 Å². The molecule has 0 aliphatic rings. The van der Waals surface area contributed by atoms with Crippen LogP contribution in [0.1, 0.15) is 30.5 Å². The van der Waals surface area contributed by atoms with E-state index in [9.17, 15) is 4.79 Å². The first-order valence-corrected chi connectivity index (χ1v) is 9.51. The summed E-state index contributed by atoms with van der Waals surface area (Å²) in [7, 11) is 3.07. The van der Waals surface area contributed by atoms with Gasteiger partial charge in [-0.3, -0.25) is 0 Å². The van der Waals surface area contributed by atoms with E-state index in [1.165, 1.54) is 16.5 Å². The average molecular weight is 411 g/mol. The van der Waals surface area contributed by atoms with Crippen molar-refractivity contribution < 1.29 is 14.3 Å². The Kier molecular flexibility index (Phi) is 6.51. The minimum Gasteiger partial charge on any atom is -0.493 e. The second-order valence-electron chi connectivity index (χ2n) is 6.61. The molecular formula is C21H25N5O4. The standard InChI is InChI=1S/C21H25N5O4/c1-6-29-20-9-7-8-18(26-21(27)25(4)23-24-26)17(20)13-30-19-11-10-16(12-14(19)2)15(3)22-28-5/h7-12H,6,13H2,1-5H3/b22-15+. The Hall–Kier alpha value is -3.62. The largest absolute Gasteiger partial charge is 0.493 e. The van der Waals surface area contributed by atoms with Crippen molar-refractivity contribution in [2.45, 2.75) is 27.4 Å². The van der Waals surface area contributed by atoms with Crippen molar-refractivity contribution in [1.82, 2.24) is 19.8 Å². The number of nitrogens with zero attached hydrogens (tertiary/aromatic N) is 5. The van der Waals surface area contributed by atoms with Crippen molar-refractivity contribution in [3.8, 4) is 17.2 Å². The van der Waals surface area contributed by atoms with Crippen molar-refractivity contribution >= 4 is 5.71 Å². The Morgan fingerprint density at radius 3 is 2.57 bits per heavy atom. The van der Waals surface area contributed by atoms with Gasteiger partial charge in [-0.25, -0.2) is 4.79 Å². The zero-order valence-electron chi connectivity index (χ0n) is 17.7. The van der Waals surface area contributed by atoms with Crippen molar-refractivity contribution in [2.75, 3.05) is 13.7 Å². The highest BCUT2D eigenvalue weighted by molar-refractivity contribution is 5.98. The third-order valence-electron chi connectivity index (χ3n) is 4.55. The molecule has 0 saturated carbocycles. The maximum absolute atomic E-state index is 12.4. The fraction of sp³-hybridized carbons (Fsp3) is 0.333. The SMILES string of the molecule is CCOc1cccc(-n2nnn(C)c2=O)c1COc1ccc(/C(C)=N/OC)cc1C. The molecule has 2 aromatic carbocycles. The van der Waals surface area contributed by atoms with Crippen molar-refractivity contribution in [2.24, 2.45) is 12.2 Å². The van der Waals surface area contributed by atoms with Gasteiger partial charge in [0.25, 0.3) is 0 Å². The van der Waals surface area contributed by atoms with Gasteiger partial charge >= 0.3 is 5.69 Å². The molecule has 0 amide bonds. The quantitative estimate of drug-likeness (QED) is 0.418. The minimum atomic E-state index is -0.349. The molecule has 9 heteroatoms. The van der Waals surface area contributed by atoms with Crippen LogP contribution in [0.25, 0.3) is 5.69 Å². The summed E-state index contributed by atoms with van der Waals surface area (Å²) in [5.41, 5.74) is 3.60. The molecule has 1 heterocycles. The summed E-state index contributed by atoms with van der Waals surface area (Å²) in [5, 5.41) is 11.7. The van der Waals surface area contributed by atoms with Crippen LogP contribution in [0.4, 0.5) is 0 Å². The summed E-state index contributed by atoms with van der Waals surface area (Å²) in [4.78, 5) is 17.2. The van der Waals surface area contributed by atoms with Gasteiger partial charge in [-0.05, 0) is 72.7 Å². The summed E-state index contributed by atoms with van der Waals surface area (Å²) in [6.07, 6.45) is 0. The molecular weight excluding hydrogens is 386 g/mol. The van der Waals surface area contributed by atoms with Crippen LogP contribution in [0.3, 0.4) is 0 Å². The molecule has 0 aliphatic heterocycles. The lowest BCUT2D eigenvalue weighted by Crippen LogP contribution is -2.23. The number of ether oxygens (including phenoxy) is 2.